The third kappa shape index (κ3) is 3.05. The summed E-state index contributed by atoms with van der Waals surface area (Å²) in [7, 11) is -1.88. The Bertz CT molecular complexity index is 564. The maximum Gasteiger partial charge on any atom is 0.244 e. The molecule has 1 atom stereocenters. The number of nitrogens with zero attached hydrogens (tertiary/aromatic N) is 2. The number of rotatable bonds is 7. The van der Waals surface area contributed by atoms with Gasteiger partial charge >= 0.3 is 0 Å². The third-order valence-electron chi connectivity index (χ3n) is 3.71. The van der Waals surface area contributed by atoms with E-state index < -0.39 is 10.0 Å². The molecule has 0 aliphatic heterocycles. The zero-order chi connectivity index (χ0) is 14.9. The largest absolute Gasteiger partial charge is 0.390 e. The molecule has 1 fully saturated rings. The van der Waals surface area contributed by atoms with Crippen molar-refractivity contribution in [2.45, 2.75) is 43.4 Å². The first-order chi connectivity index (χ1) is 9.41. The highest BCUT2D eigenvalue weighted by Gasteiger charge is 2.31. The van der Waals surface area contributed by atoms with Crippen molar-refractivity contribution in [2.24, 2.45) is 0 Å². The number of aliphatic hydroxyl groups is 1. The molecular weight excluding hydrogens is 296 g/mol. The van der Waals surface area contributed by atoms with E-state index in [0.717, 1.165) is 18.6 Å². The van der Waals surface area contributed by atoms with Gasteiger partial charge in [-0.1, -0.05) is 0 Å². The molecule has 20 heavy (non-hydrogen) atoms. The van der Waals surface area contributed by atoms with E-state index in [-0.39, 0.29) is 17.5 Å². The molecule has 0 aromatic carbocycles. The van der Waals surface area contributed by atoms with Crippen LogP contribution >= 0.6 is 11.8 Å². The molecule has 0 spiro atoms. The summed E-state index contributed by atoms with van der Waals surface area (Å²) in [5, 5.41) is 9.37. The van der Waals surface area contributed by atoms with Gasteiger partial charge in [0.2, 0.25) is 10.0 Å². The van der Waals surface area contributed by atoms with E-state index in [2.05, 4.69) is 0 Å². The standard InChI is InChI=1S/C13H22N2O3S2/c1-10(9-19-3)14(2)20(17,18)13-6-12(8-16)15(7-13)11-4-5-11/h6-7,10-11,16H,4-5,8-9H2,1-3H3. The monoisotopic (exact) mass is 318 g/mol. The van der Waals surface area contributed by atoms with Gasteiger partial charge in [0.1, 0.15) is 4.90 Å². The highest BCUT2D eigenvalue weighted by molar-refractivity contribution is 7.98. The molecule has 1 aromatic heterocycles. The number of sulfonamides is 1. The van der Waals surface area contributed by atoms with Crippen molar-refractivity contribution >= 4 is 21.8 Å². The van der Waals surface area contributed by atoms with Crippen molar-refractivity contribution in [2.75, 3.05) is 19.1 Å². The highest BCUT2D eigenvalue weighted by atomic mass is 32.2. The van der Waals surface area contributed by atoms with Crippen LogP contribution < -0.4 is 0 Å². The van der Waals surface area contributed by atoms with Gasteiger partial charge < -0.3 is 9.67 Å². The van der Waals surface area contributed by atoms with Crippen LogP contribution in [0.2, 0.25) is 0 Å². The molecule has 2 rings (SSSR count). The Morgan fingerprint density at radius 2 is 2.20 bits per heavy atom. The first-order valence-corrected chi connectivity index (χ1v) is 9.53. The summed E-state index contributed by atoms with van der Waals surface area (Å²) in [6.07, 6.45) is 5.74. The normalized spacial score (nSPS) is 17.6. The van der Waals surface area contributed by atoms with Gasteiger partial charge in [-0.25, -0.2) is 8.42 Å². The van der Waals surface area contributed by atoms with Crippen molar-refractivity contribution in [3.8, 4) is 0 Å². The summed E-state index contributed by atoms with van der Waals surface area (Å²) in [5.74, 6) is 0.756. The van der Waals surface area contributed by atoms with E-state index in [9.17, 15) is 13.5 Å². The molecule has 1 aliphatic rings. The van der Waals surface area contributed by atoms with E-state index in [1.807, 2.05) is 17.7 Å². The van der Waals surface area contributed by atoms with Gasteiger partial charge in [-0.15, -0.1) is 0 Å². The predicted molar refractivity (Wildman–Crippen MR) is 81.4 cm³/mol. The number of aliphatic hydroxyl groups excluding tert-OH is 1. The Hall–Kier alpha value is -0.500. The lowest BCUT2D eigenvalue weighted by molar-refractivity contribution is 0.270. The second-order valence-electron chi connectivity index (χ2n) is 5.29. The molecule has 114 valence electrons. The lowest BCUT2D eigenvalue weighted by Crippen LogP contribution is -2.36. The average molecular weight is 318 g/mol. The summed E-state index contributed by atoms with van der Waals surface area (Å²) in [6.45, 7) is 1.77. The minimum absolute atomic E-state index is 0.0585. The smallest absolute Gasteiger partial charge is 0.244 e. The zero-order valence-corrected chi connectivity index (χ0v) is 13.7. The Morgan fingerprint density at radius 3 is 2.70 bits per heavy atom. The topological polar surface area (TPSA) is 62.5 Å². The van der Waals surface area contributed by atoms with Crippen LogP contribution in [0.4, 0.5) is 0 Å². The van der Waals surface area contributed by atoms with Crippen LogP contribution in [0.25, 0.3) is 0 Å². The third-order valence-corrected chi connectivity index (χ3v) is 6.47. The molecule has 1 heterocycles. The minimum atomic E-state index is -3.49. The average Bonchev–Trinajstić information content (AvgIpc) is 3.16. The van der Waals surface area contributed by atoms with E-state index in [4.69, 9.17) is 0 Å². The molecule has 1 N–H and O–H groups in total. The minimum Gasteiger partial charge on any atom is -0.390 e. The van der Waals surface area contributed by atoms with Gasteiger partial charge in [0, 0.05) is 36.8 Å². The van der Waals surface area contributed by atoms with Gasteiger partial charge in [0.15, 0.2) is 0 Å². The van der Waals surface area contributed by atoms with E-state index >= 15 is 0 Å². The van der Waals surface area contributed by atoms with Gasteiger partial charge in [0.05, 0.1) is 6.61 Å². The predicted octanol–water partition coefficient (Wildman–Crippen LogP) is 1.69. The van der Waals surface area contributed by atoms with Crippen LogP contribution in [0.1, 0.15) is 31.5 Å². The van der Waals surface area contributed by atoms with Gasteiger partial charge in [-0.05, 0) is 32.1 Å². The van der Waals surface area contributed by atoms with Crippen LogP contribution in [0.3, 0.4) is 0 Å². The molecule has 1 aromatic rings. The van der Waals surface area contributed by atoms with Crippen molar-refractivity contribution in [3.05, 3.63) is 18.0 Å². The molecular formula is C13H22N2O3S2. The van der Waals surface area contributed by atoms with E-state index in [1.165, 1.54) is 4.31 Å². The fraction of sp³-hybridized carbons (Fsp3) is 0.692. The first-order valence-electron chi connectivity index (χ1n) is 6.70. The Kier molecular flexibility index (Phi) is 4.84. The molecule has 5 nitrogen and oxygen atoms in total. The number of aromatic nitrogens is 1. The summed E-state index contributed by atoms with van der Waals surface area (Å²) < 4.78 is 28.5. The van der Waals surface area contributed by atoms with Crippen LogP contribution in [-0.2, 0) is 16.6 Å². The number of thioether (sulfide) groups is 1. The molecule has 1 aliphatic carbocycles. The van der Waals surface area contributed by atoms with E-state index in [0.29, 0.717) is 11.7 Å². The SMILES string of the molecule is CSCC(C)N(C)S(=O)(=O)c1cc(CO)n(C2CC2)c1. The second-order valence-corrected chi connectivity index (χ2v) is 8.20. The van der Waals surface area contributed by atoms with Crippen molar-refractivity contribution in [1.82, 2.24) is 8.87 Å². The van der Waals surface area contributed by atoms with Crippen molar-refractivity contribution < 1.29 is 13.5 Å². The van der Waals surface area contributed by atoms with Crippen LogP contribution in [0.15, 0.2) is 17.2 Å². The summed E-state index contributed by atoms with van der Waals surface area (Å²) in [5.41, 5.74) is 0.678. The fourth-order valence-electron chi connectivity index (χ4n) is 2.21. The van der Waals surface area contributed by atoms with Gasteiger partial charge in [0.25, 0.3) is 0 Å². The summed E-state index contributed by atoms with van der Waals surface area (Å²) in [6, 6.07) is 1.89. The lowest BCUT2D eigenvalue weighted by atomic mass is 10.4. The molecule has 0 saturated heterocycles. The maximum atomic E-state index is 12.6. The molecule has 7 heteroatoms. The second kappa shape index (κ2) is 6.09. The van der Waals surface area contributed by atoms with Crippen LogP contribution in [0.5, 0.6) is 0 Å². The molecule has 1 saturated carbocycles. The summed E-state index contributed by atoms with van der Waals surface area (Å²) >= 11 is 1.63. The quantitative estimate of drug-likeness (QED) is 0.831. The molecule has 0 bridgehead atoms. The van der Waals surface area contributed by atoms with Crippen molar-refractivity contribution in [3.63, 3.8) is 0 Å². The molecule has 0 amide bonds. The Balaban J connectivity index is 2.29. The fourth-order valence-corrected chi connectivity index (χ4v) is 4.42. The maximum absolute atomic E-state index is 12.6. The molecule has 0 radical (unpaired) electrons. The number of hydrogen-bond acceptors (Lipinski definition) is 4. The van der Waals surface area contributed by atoms with Gasteiger partial charge in [-0.2, -0.15) is 16.1 Å². The Morgan fingerprint density at radius 1 is 1.55 bits per heavy atom. The highest BCUT2D eigenvalue weighted by Crippen LogP contribution is 2.37. The summed E-state index contributed by atoms with van der Waals surface area (Å²) in [4.78, 5) is 0.281. The zero-order valence-electron chi connectivity index (χ0n) is 12.1. The Labute approximate surface area is 125 Å². The van der Waals surface area contributed by atoms with Gasteiger partial charge in [-0.3, -0.25) is 0 Å². The van der Waals surface area contributed by atoms with Crippen LogP contribution in [-0.4, -0.2) is 47.5 Å². The lowest BCUT2D eigenvalue weighted by Gasteiger charge is -2.23. The van der Waals surface area contributed by atoms with E-state index in [1.54, 1.807) is 31.1 Å². The molecule has 1 unspecified atom stereocenters. The van der Waals surface area contributed by atoms with Crippen LogP contribution in [0, 0.1) is 0 Å². The first kappa shape index (κ1) is 15.9. The van der Waals surface area contributed by atoms with Crippen molar-refractivity contribution in [1.29, 1.82) is 0 Å². The number of hydrogen-bond donors (Lipinski definition) is 1.